The summed E-state index contributed by atoms with van der Waals surface area (Å²) in [4.78, 5) is 11.7. The topological polar surface area (TPSA) is 55.1 Å². The van der Waals surface area contributed by atoms with Gasteiger partial charge in [-0.2, -0.15) is 11.8 Å². The summed E-state index contributed by atoms with van der Waals surface area (Å²) in [6, 6.07) is 5.61. The Kier molecular flexibility index (Phi) is 6.75. The van der Waals surface area contributed by atoms with Crippen molar-refractivity contribution in [2.45, 2.75) is 25.9 Å². The molecule has 3 nitrogen and oxygen atoms in total. The SMILES string of the molecule is CSCC[C@H](N)C(=O)NCc1ccc(Br)cc1C. The van der Waals surface area contributed by atoms with E-state index in [0.717, 1.165) is 21.4 Å². The number of benzene rings is 1. The summed E-state index contributed by atoms with van der Waals surface area (Å²) in [6.07, 6.45) is 2.72. The second kappa shape index (κ2) is 7.81. The molecule has 1 rings (SSSR count). The maximum absolute atomic E-state index is 11.7. The number of rotatable bonds is 6. The lowest BCUT2D eigenvalue weighted by Crippen LogP contribution is -2.40. The molecule has 1 atom stereocenters. The highest BCUT2D eigenvalue weighted by atomic mass is 79.9. The predicted octanol–water partition coefficient (Wildman–Crippen LogP) is 2.45. The fraction of sp³-hybridized carbons (Fsp3) is 0.462. The number of nitrogens with one attached hydrogen (secondary N) is 1. The Morgan fingerprint density at radius 1 is 1.56 bits per heavy atom. The van der Waals surface area contributed by atoms with Gasteiger partial charge >= 0.3 is 0 Å². The van der Waals surface area contributed by atoms with Gasteiger partial charge in [-0.3, -0.25) is 4.79 Å². The Bertz CT molecular complexity index is 412. The standard InChI is InChI=1S/C13H19BrN2OS/c1-9-7-11(14)4-3-10(9)8-16-13(17)12(15)5-6-18-2/h3-4,7,12H,5-6,8,15H2,1-2H3,(H,16,17)/t12-/m0/s1. The van der Waals surface area contributed by atoms with Crippen LogP contribution in [-0.4, -0.2) is 24.0 Å². The first-order valence-corrected chi connectivity index (χ1v) is 8.00. The molecule has 0 aliphatic carbocycles. The second-order valence-corrected chi connectivity index (χ2v) is 6.08. The van der Waals surface area contributed by atoms with Gasteiger partial charge in [-0.25, -0.2) is 0 Å². The van der Waals surface area contributed by atoms with Gasteiger partial charge in [-0.05, 0) is 48.6 Å². The van der Waals surface area contributed by atoms with Gasteiger partial charge < -0.3 is 11.1 Å². The number of amides is 1. The fourth-order valence-electron chi connectivity index (χ4n) is 1.55. The molecule has 0 saturated heterocycles. The maximum atomic E-state index is 11.7. The number of aryl methyl sites for hydroxylation is 1. The molecule has 0 saturated carbocycles. The molecule has 0 bridgehead atoms. The Balaban J connectivity index is 2.47. The van der Waals surface area contributed by atoms with Gasteiger partial charge in [0.15, 0.2) is 0 Å². The van der Waals surface area contributed by atoms with Crippen molar-refractivity contribution in [3.8, 4) is 0 Å². The molecule has 1 aromatic carbocycles. The van der Waals surface area contributed by atoms with E-state index in [4.69, 9.17) is 5.73 Å². The lowest BCUT2D eigenvalue weighted by molar-refractivity contribution is -0.122. The van der Waals surface area contributed by atoms with Gasteiger partial charge in [-0.1, -0.05) is 22.0 Å². The molecule has 1 amide bonds. The third-order valence-corrected chi connectivity index (χ3v) is 3.86. The van der Waals surface area contributed by atoms with Gasteiger partial charge in [0, 0.05) is 11.0 Å². The molecule has 3 N–H and O–H groups in total. The zero-order valence-electron chi connectivity index (χ0n) is 10.7. The Labute approximate surface area is 121 Å². The van der Waals surface area contributed by atoms with E-state index in [0.29, 0.717) is 13.0 Å². The summed E-state index contributed by atoms with van der Waals surface area (Å²) >= 11 is 5.12. The van der Waals surface area contributed by atoms with Crippen LogP contribution < -0.4 is 11.1 Å². The van der Waals surface area contributed by atoms with E-state index in [9.17, 15) is 4.79 Å². The summed E-state index contributed by atoms with van der Waals surface area (Å²) in [5, 5.41) is 2.88. The van der Waals surface area contributed by atoms with E-state index in [1.54, 1.807) is 11.8 Å². The lowest BCUT2D eigenvalue weighted by atomic mass is 10.1. The van der Waals surface area contributed by atoms with Gasteiger partial charge in [0.25, 0.3) is 0 Å². The van der Waals surface area contributed by atoms with Crippen molar-refractivity contribution in [1.82, 2.24) is 5.32 Å². The van der Waals surface area contributed by atoms with E-state index in [-0.39, 0.29) is 5.91 Å². The summed E-state index contributed by atoms with van der Waals surface area (Å²) in [6.45, 7) is 2.56. The molecule has 0 fully saturated rings. The third kappa shape index (κ3) is 5.00. The smallest absolute Gasteiger partial charge is 0.237 e. The quantitative estimate of drug-likeness (QED) is 0.842. The highest BCUT2D eigenvalue weighted by Crippen LogP contribution is 2.15. The number of hydrogen-bond acceptors (Lipinski definition) is 3. The third-order valence-electron chi connectivity index (χ3n) is 2.73. The van der Waals surface area contributed by atoms with Crippen molar-refractivity contribution in [2.75, 3.05) is 12.0 Å². The number of nitrogens with two attached hydrogens (primary N) is 1. The summed E-state index contributed by atoms with van der Waals surface area (Å²) < 4.78 is 1.05. The zero-order valence-corrected chi connectivity index (χ0v) is 13.1. The van der Waals surface area contributed by atoms with Crippen molar-refractivity contribution >= 4 is 33.6 Å². The van der Waals surface area contributed by atoms with Crippen molar-refractivity contribution in [3.63, 3.8) is 0 Å². The lowest BCUT2D eigenvalue weighted by Gasteiger charge is -2.13. The molecule has 18 heavy (non-hydrogen) atoms. The summed E-state index contributed by atoms with van der Waals surface area (Å²) in [7, 11) is 0. The minimum Gasteiger partial charge on any atom is -0.351 e. The maximum Gasteiger partial charge on any atom is 0.237 e. The van der Waals surface area contributed by atoms with Crippen LogP contribution in [0.2, 0.25) is 0 Å². The average molecular weight is 331 g/mol. The van der Waals surface area contributed by atoms with Crippen LogP contribution in [0, 0.1) is 6.92 Å². The first-order valence-electron chi connectivity index (χ1n) is 5.82. The molecule has 5 heteroatoms. The molecule has 0 radical (unpaired) electrons. The molecule has 100 valence electrons. The number of carbonyl (C=O) groups is 1. The van der Waals surface area contributed by atoms with Crippen molar-refractivity contribution in [3.05, 3.63) is 33.8 Å². The Hall–Kier alpha value is -0.520. The van der Waals surface area contributed by atoms with Crippen molar-refractivity contribution < 1.29 is 4.79 Å². The van der Waals surface area contributed by atoms with Crippen LogP contribution in [0.1, 0.15) is 17.5 Å². The molecular weight excluding hydrogens is 312 g/mol. The van der Waals surface area contributed by atoms with Crippen LogP contribution in [0.3, 0.4) is 0 Å². The van der Waals surface area contributed by atoms with Crippen LogP contribution >= 0.6 is 27.7 Å². The molecule has 0 heterocycles. The highest BCUT2D eigenvalue weighted by Gasteiger charge is 2.12. The van der Waals surface area contributed by atoms with Crippen LogP contribution in [0.15, 0.2) is 22.7 Å². The van der Waals surface area contributed by atoms with E-state index < -0.39 is 6.04 Å². The van der Waals surface area contributed by atoms with E-state index >= 15 is 0 Å². The monoisotopic (exact) mass is 330 g/mol. The molecule has 0 unspecified atom stereocenters. The Morgan fingerprint density at radius 3 is 2.89 bits per heavy atom. The van der Waals surface area contributed by atoms with Gasteiger partial charge in [0.05, 0.1) is 6.04 Å². The van der Waals surface area contributed by atoms with Crippen molar-refractivity contribution in [1.29, 1.82) is 0 Å². The summed E-state index contributed by atoms with van der Waals surface area (Å²) in [5.41, 5.74) is 8.07. The largest absolute Gasteiger partial charge is 0.351 e. The van der Waals surface area contributed by atoms with Crippen LogP contribution in [-0.2, 0) is 11.3 Å². The normalized spacial score (nSPS) is 12.2. The van der Waals surface area contributed by atoms with E-state index in [1.807, 2.05) is 31.4 Å². The van der Waals surface area contributed by atoms with E-state index in [2.05, 4.69) is 21.2 Å². The zero-order chi connectivity index (χ0) is 13.5. The first kappa shape index (κ1) is 15.5. The molecule has 0 aliphatic heterocycles. The second-order valence-electron chi connectivity index (χ2n) is 4.18. The number of hydrogen-bond donors (Lipinski definition) is 2. The van der Waals surface area contributed by atoms with Gasteiger partial charge in [0.2, 0.25) is 5.91 Å². The minimum absolute atomic E-state index is 0.0774. The molecule has 0 aromatic heterocycles. The highest BCUT2D eigenvalue weighted by molar-refractivity contribution is 9.10. The number of halogens is 1. The van der Waals surface area contributed by atoms with E-state index in [1.165, 1.54) is 0 Å². The molecule has 1 aromatic rings. The average Bonchev–Trinajstić information content (AvgIpc) is 2.34. The van der Waals surface area contributed by atoms with Gasteiger partial charge in [-0.15, -0.1) is 0 Å². The molecule has 0 aliphatic rings. The fourth-order valence-corrected chi connectivity index (χ4v) is 2.51. The first-order chi connectivity index (χ1) is 8.54. The van der Waals surface area contributed by atoms with Crippen LogP contribution in [0.25, 0.3) is 0 Å². The number of carbonyl (C=O) groups excluding carboxylic acids is 1. The number of thioether (sulfide) groups is 1. The van der Waals surface area contributed by atoms with Crippen LogP contribution in [0.4, 0.5) is 0 Å². The van der Waals surface area contributed by atoms with Gasteiger partial charge in [0.1, 0.15) is 0 Å². The Morgan fingerprint density at radius 2 is 2.28 bits per heavy atom. The molecular formula is C13H19BrN2OS. The molecule has 0 spiro atoms. The van der Waals surface area contributed by atoms with Crippen LogP contribution in [0.5, 0.6) is 0 Å². The van der Waals surface area contributed by atoms with Crippen molar-refractivity contribution in [2.24, 2.45) is 5.73 Å². The summed E-state index contributed by atoms with van der Waals surface area (Å²) in [5.74, 6) is 0.831. The minimum atomic E-state index is -0.409. The predicted molar refractivity (Wildman–Crippen MR) is 81.7 cm³/mol.